The summed E-state index contributed by atoms with van der Waals surface area (Å²) < 4.78 is 0. The zero-order valence-corrected chi connectivity index (χ0v) is 11.3. The van der Waals surface area contributed by atoms with Gasteiger partial charge < -0.3 is 10.0 Å². The van der Waals surface area contributed by atoms with Gasteiger partial charge >= 0.3 is 5.97 Å². The summed E-state index contributed by atoms with van der Waals surface area (Å²) in [5.74, 6) is 0.405. The second kappa shape index (κ2) is 5.14. The van der Waals surface area contributed by atoms with E-state index in [4.69, 9.17) is 16.7 Å². The van der Waals surface area contributed by atoms with Crippen molar-refractivity contribution in [3.05, 3.63) is 22.8 Å². The fraction of sp³-hybridized carbons (Fsp3) is 0.538. The Morgan fingerprint density at radius 3 is 2.72 bits per heavy atom. The van der Waals surface area contributed by atoms with Gasteiger partial charge in [-0.15, -0.1) is 0 Å². The van der Waals surface area contributed by atoms with Crippen LogP contribution in [0.1, 0.15) is 37.0 Å². The van der Waals surface area contributed by atoms with Crippen LogP contribution in [0.2, 0.25) is 5.02 Å². The molecule has 1 fully saturated rings. The predicted octanol–water partition coefficient (Wildman–Crippen LogP) is 3.06. The first kappa shape index (κ1) is 13.1. The molecule has 1 aliphatic carbocycles. The molecule has 0 atom stereocenters. The average molecular weight is 269 g/mol. The monoisotopic (exact) mass is 268 g/mol. The van der Waals surface area contributed by atoms with Gasteiger partial charge in [0.1, 0.15) is 5.82 Å². The molecule has 0 aliphatic heterocycles. The minimum Gasteiger partial charge on any atom is -0.478 e. The van der Waals surface area contributed by atoms with Crippen molar-refractivity contribution in [3.8, 4) is 0 Å². The number of rotatable bonds is 5. The third-order valence-electron chi connectivity index (χ3n) is 3.12. The quantitative estimate of drug-likeness (QED) is 0.892. The van der Waals surface area contributed by atoms with Crippen molar-refractivity contribution in [3.63, 3.8) is 0 Å². The molecule has 0 saturated heterocycles. The molecule has 1 N–H and O–H groups in total. The third kappa shape index (κ3) is 2.93. The molecule has 0 aromatic carbocycles. The van der Waals surface area contributed by atoms with E-state index < -0.39 is 5.97 Å². The lowest BCUT2D eigenvalue weighted by Crippen LogP contribution is -2.33. The zero-order chi connectivity index (χ0) is 13.3. The van der Waals surface area contributed by atoms with Gasteiger partial charge in [0, 0.05) is 18.8 Å². The first-order valence-electron chi connectivity index (χ1n) is 6.14. The molecule has 5 heteroatoms. The van der Waals surface area contributed by atoms with Gasteiger partial charge in [-0.05, 0) is 38.7 Å². The standard InChI is InChI=1S/C13H17ClN2O2/c1-8(2)16(7-9-3-4-9)12-11(14)5-10(6-15-12)13(17)18/h5-6,8-9H,3-4,7H2,1-2H3,(H,17,18). The number of nitrogens with zero attached hydrogens (tertiary/aromatic N) is 2. The maximum atomic E-state index is 10.8. The molecule has 1 heterocycles. The zero-order valence-electron chi connectivity index (χ0n) is 10.6. The van der Waals surface area contributed by atoms with Gasteiger partial charge in [0.05, 0.1) is 10.6 Å². The highest BCUT2D eigenvalue weighted by molar-refractivity contribution is 6.33. The molecular formula is C13H17ClN2O2. The Morgan fingerprint density at radius 1 is 1.61 bits per heavy atom. The molecule has 2 rings (SSSR count). The van der Waals surface area contributed by atoms with Crippen LogP contribution in [0.25, 0.3) is 0 Å². The van der Waals surface area contributed by atoms with Gasteiger partial charge in [0.25, 0.3) is 0 Å². The number of hydrogen-bond acceptors (Lipinski definition) is 3. The van der Waals surface area contributed by atoms with Gasteiger partial charge in [-0.3, -0.25) is 0 Å². The Bertz CT molecular complexity index is 458. The maximum absolute atomic E-state index is 10.8. The van der Waals surface area contributed by atoms with E-state index in [2.05, 4.69) is 23.7 Å². The lowest BCUT2D eigenvalue weighted by Gasteiger charge is -2.28. The van der Waals surface area contributed by atoms with Crippen molar-refractivity contribution < 1.29 is 9.90 Å². The summed E-state index contributed by atoms with van der Waals surface area (Å²) in [6, 6.07) is 1.76. The molecule has 0 bridgehead atoms. The number of carbonyl (C=O) groups is 1. The van der Waals surface area contributed by atoms with E-state index >= 15 is 0 Å². The van der Waals surface area contributed by atoms with Gasteiger partial charge in [-0.2, -0.15) is 0 Å². The number of carboxylic acid groups (broad SMARTS) is 1. The van der Waals surface area contributed by atoms with Crippen LogP contribution in [-0.2, 0) is 0 Å². The molecule has 4 nitrogen and oxygen atoms in total. The van der Waals surface area contributed by atoms with Crippen molar-refractivity contribution in [1.82, 2.24) is 4.98 Å². The highest BCUT2D eigenvalue weighted by Gasteiger charge is 2.27. The number of aromatic carboxylic acids is 1. The van der Waals surface area contributed by atoms with E-state index in [1.165, 1.54) is 25.1 Å². The minimum atomic E-state index is -1.01. The number of aromatic nitrogens is 1. The van der Waals surface area contributed by atoms with Crippen LogP contribution in [-0.4, -0.2) is 28.6 Å². The molecule has 0 spiro atoms. The third-order valence-corrected chi connectivity index (χ3v) is 3.39. The van der Waals surface area contributed by atoms with Crippen LogP contribution in [0.3, 0.4) is 0 Å². The number of hydrogen-bond donors (Lipinski definition) is 1. The van der Waals surface area contributed by atoms with Crippen molar-refractivity contribution in [2.45, 2.75) is 32.7 Å². The summed E-state index contributed by atoms with van der Waals surface area (Å²) in [5, 5.41) is 9.30. The van der Waals surface area contributed by atoms with Crippen LogP contribution in [0.5, 0.6) is 0 Å². The van der Waals surface area contributed by atoms with Gasteiger partial charge in [0.15, 0.2) is 0 Å². The van der Waals surface area contributed by atoms with Crippen LogP contribution in [0, 0.1) is 5.92 Å². The lowest BCUT2D eigenvalue weighted by molar-refractivity contribution is 0.0696. The van der Waals surface area contributed by atoms with Gasteiger partial charge in [-0.25, -0.2) is 9.78 Å². The number of anilines is 1. The second-order valence-electron chi connectivity index (χ2n) is 5.02. The number of halogens is 1. The summed E-state index contributed by atoms with van der Waals surface area (Å²) in [5.41, 5.74) is 0.124. The van der Waals surface area contributed by atoms with Crippen molar-refractivity contribution in [2.75, 3.05) is 11.4 Å². The summed E-state index contributed by atoms with van der Waals surface area (Å²) in [6.07, 6.45) is 3.88. The van der Waals surface area contributed by atoms with Crippen molar-refractivity contribution in [2.24, 2.45) is 5.92 Å². The molecule has 18 heavy (non-hydrogen) atoms. The molecular weight excluding hydrogens is 252 g/mol. The summed E-state index contributed by atoms with van der Waals surface area (Å²) in [4.78, 5) is 17.2. The van der Waals surface area contributed by atoms with E-state index in [1.54, 1.807) is 0 Å². The average Bonchev–Trinajstić information content (AvgIpc) is 3.09. The van der Waals surface area contributed by atoms with Gasteiger partial charge in [0.2, 0.25) is 0 Å². The molecule has 1 aromatic rings. The summed E-state index contributed by atoms with van der Waals surface area (Å²) >= 11 is 6.15. The molecule has 1 aliphatic rings. The number of carboxylic acids is 1. The topological polar surface area (TPSA) is 53.4 Å². The Labute approximate surface area is 112 Å². The van der Waals surface area contributed by atoms with Crippen molar-refractivity contribution >= 4 is 23.4 Å². The second-order valence-corrected chi connectivity index (χ2v) is 5.43. The van der Waals surface area contributed by atoms with Crippen LogP contribution in [0.4, 0.5) is 5.82 Å². The molecule has 0 unspecified atom stereocenters. The molecule has 1 aromatic heterocycles. The maximum Gasteiger partial charge on any atom is 0.337 e. The van der Waals surface area contributed by atoms with E-state index in [9.17, 15) is 4.79 Å². The normalized spacial score (nSPS) is 14.9. The molecule has 98 valence electrons. The van der Waals surface area contributed by atoms with Crippen LogP contribution in [0.15, 0.2) is 12.3 Å². The molecule has 0 radical (unpaired) electrons. The van der Waals surface area contributed by atoms with Crippen LogP contribution < -0.4 is 4.90 Å². The fourth-order valence-electron chi connectivity index (χ4n) is 1.88. The van der Waals surface area contributed by atoms with Crippen LogP contribution >= 0.6 is 11.6 Å². The summed E-state index contributed by atoms with van der Waals surface area (Å²) in [7, 11) is 0. The van der Waals surface area contributed by atoms with Crippen molar-refractivity contribution in [1.29, 1.82) is 0 Å². The summed E-state index contributed by atoms with van der Waals surface area (Å²) in [6.45, 7) is 5.12. The highest BCUT2D eigenvalue weighted by Crippen LogP contribution is 2.34. The molecule has 1 saturated carbocycles. The SMILES string of the molecule is CC(C)N(CC1CC1)c1ncc(C(=O)O)cc1Cl. The van der Waals surface area contributed by atoms with E-state index in [-0.39, 0.29) is 5.56 Å². The molecule has 0 amide bonds. The first-order chi connectivity index (χ1) is 8.49. The van der Waals surface area contributed by atoms with E-state index in [1.807, 2.05) is 0 Å². The lowest BCUT2D eigenvalue weighted by atomic mass is 10.2. The smallest absolute Gasteiger partial charge is 0.337 e. The van der Waals surface area contributed by atoms with Gasteiger partial charge in [-0.1, -0.05) is 11.6 Å². The highest BCUT2D eigenvalue weighted by atomic mass is 35.5. The first-order valence-corrected chi connectivity index (χ1v) is 6.52. The Hall–Kier alpha value is -1.29. The Balaban J connectivity index is 2.26. The van der Waals surface area contributed by atoms with E-state index in [0.29, 0.717) is 16.9 Å². The Kier molecular flexibility index (Phi) is 3.76. The number of pyridine rings is 1. The fourth-order valence-corrected chi connectivity index (χ4v) is 2.15. The predicted molar refractivity (Wildman–Crippen MR) is 71.4 cm³/mol. The van der Waals surface area contributed by atoms with E-state index in [0.717, 1.165) is 12.5 Å². The Morgan fingerprint density at radius 2 is 2.28 bits per heavy atom. The minimum absolute atomic E-state index is 0.124. The largest absolute Gasteiger partial charge is 0.478 e.